The topological polar surface area (TPSA) is 81.0 Å². The molecule has 0 saturated carbocycles. The molecule has 4 rings (SSSR count). The molecule has 4 aromatic rings. The first kappa shape index (κ1) is 20.1. The fourth-order valence-corrected chi connectivity index (χ4v) is 5.25. The Labute approximate surface area is 177 Å². The van der Waals surface area contributed by atoms with Crippen LogP contribution >= 0.6 is 11.3 Å². The van der Waals surface area contributed by atoms with E-state index in [1.165, 1.54) is 38.2 Å². The predicted molar refractivity (Wildman–Crippen MR) is 117 cm³/mol. The smallest absolute Gasteiger partial charge is 0.264 e. The maximum Gasteiger partial charge on any atom is 0.264 e. The Morgan fingerprint density at radius 1 is 1.10 bits per heavy atom. The highest BCUT2D eigenvalue weighted by Gasteiger charge is 2.23. The Bertz CT molecular complexity index is 1310. The van der Waals surface area contributed by atoms with Gasteiger partial charge in [-0.3, -0.25) is 13.5 Å². The summed E-state index contributed by atoms with van der Waals surface area (Å²) in [5, 5.41) is 1.79. The first-order valence-electron chi connectivity index (χ1n) is 9.25. The van der Waals surface area contributed by atoms with Crippen LogP contribution in [0.25, 0.3) is 4.96 Å². The summed E-state index contributed by atoms with van der Waals surface area (Å²) < 4.78 is 34.6. The number of rotatable bonds is 7. The fourth-order valence-electron chi connectivity index (χ4n) is 3.04. The molecular weight excluding hydrogens is 422 g/mol. The molecule has 0 atom stereocenters. The third-order valence-electron chi connectivity index (χ3n) is 4.49. The van der Waals surface area contributed by atoms with E-state index in [0.717, 1.165) is 0 Å². The van der Waals surface area contributed by atoms with Crippen molar-refractivity contribution in [1.29, 1.82) is 0 Å². The van der Waals surface area contributed by atoms with Crippen LogP contribution in [0.2, 0.25) is 0 Å². The molecule has 2 heterocycles. The summed E-state index contributed by atoms with van der Waals surface area (Å²) in [5.41, 5.74) is 0.962. The molecule has 0 aliphatic rings. The first-order valence-corrected chi connectivity index (χ1v) is 11.6. The Morgan fingerprint density at radius 3 is 2.53 bits per heavy atom. The Hall–Kier alpha value is -3.17. The zero-order chi connectivity index (χ0) is 21.1. The lowest BCUT2D eigenvalue weighted by atomic mass is 10.3. The van der Waals surface area contributed by atoms with E-state index in [-0.39, 0.29) is 17.1 Å². The molecule has 0 N–H and O–H groups in total. The highest BCUT2D eigenvalue weighted by molar-refractivity contribution is 7.92. The van der Waals surface area contributed by atoms with Crippen molar-refractivity contribution in [2.75, 3.05) is 10.8 Å². The molecule has 0 unspecified atom stereocenters. The number of hydrogen-bond donors (Lipinski definition) is 0. The van der Waals surface area contributed by atoms with E-state index in [0.29, 0.717) is 28.6 Å². The van der Waals surface area contributed by atoms with Crippen LogP contribution < -0.4 is 14.6 Å². The number of para-hydroxylation sites is 1. The number of aromatic nitrogens is 2. The van der Waals surface area contributed by atoms with Gasteiger partial charge in [-0.05, 0) is 43.3 Å². The number of benzene rings is 2. The lowest BCUT2D eigenvalue weighted by molar-refractivity contribution is 0.301. The minimum absolute atomic E-state index is 0.112. The maximum absolute atomic E-state index is 13.0. The SMILES string of the molecule is CCN(c1ccccc1)S(=O)(=O)c1ccc(OCc2cc(=O)n3ccsc3n2)cc1. The number of sulfonamides is 1. The van der Waals surface area contributed by atoms with E-state index in [9.17, 15) is 13.2 Å². The van der Waals surface area contributed by atoms with Crippen LogP contribution in [0.4, 0.5) is 5.69 Å². The molecule has 30 heavy (non-hydrogen) atoms. The quantitative estimate of drug-likeness (QED) is 0.438. The molecule has 9 heteroatoms. The molecule has 0 bridgehead atoms. The van der Waals surface area contributed by atoms with E-state index in [4.69, 9.17) is 4.74 Å². The van der Waals surface area contributed by atoms with Crippen LogP contribution in [0.1, 0.15) is 12.6 Å². The summed E-state index contributed by atoms with van der Waals surface area (Å²) in [4.78, 5) is 17.2. The van der Waals surface area contributed by atoms with Crippen molar-refractivity contribution in [2.24, 2.45) is 0 Å². The van der Waals surface area contributed by atoms with Crippen molar-refractivity contribution in [1.82, 2.24) is 9.38 Å². The largest absolute Gasteiger partial charge is 0.487 e. The average Bonchev–Trinajstić information content (AvgIpc) is 3.23. The van der Waals surface area contributed by atoms with Gasteiger partial charge in [-0.1, -0.05) is 18.2 Å². The standard InChI is InChI=1S/C21H19N3O4S2/c1-2-24(17-6-4-3-5-7-17)30(26,27)19-10-8-18(9-11-19)28-15-16-14-20(25)23-12-13-29-21(23)22-16/h3-14H,2,15H2,1H3. The van der Waals surface area contributed by atoms with Crippen molar-refractivity contribution in [2.45, 2.75) is 18.4 Å². The maximum atomic E-state index is 13.0. The van der Waals surface area contributed by atoms with Crippen LogP contribution in [0, 0.1) is 0 Å². The average molecular weight is 442 g/mol. The van der Waals surface area contributed by atoms with Gasteiger partial charge in [0.1, 0.15) is 12.4 Å². The van der Waals surface area contributed by atoms with Gasteiger partial charge in [-0.15, -0.1) is 11.3 Å². The summed E-state index contributed by atoms with van der Waals surface area (Å²) >= 11 is 1.37. The summed E-state index contributed by atoms with van der Waals surface area (Å²) in [6, 6.07) is 16.6. The summed E-state index contributed by atoms with van der Waals surface area (Å²) in [5.74, 6) is 0.491. The number of thiazole rings is 1. The van der Waals surface area contributed by atoms with Gasteiger partial charge in [0.25, 0.3) is 15.6 Å². The van der Waals surface area contributed by atoms with Crippen LogP contribution in [0.15, 0.2) is 81.9 Å². The summed E-state index contributed by atoms with van der Waals surface area (Å²) in [6.07, 6.45) is 1.67. The third kappa shape index (κ3) is 3.94. The van der Waals surface area contributed by atoms with Crippen molar-refractivity contribution in [3.05, 3.63) is 88.3 Å². The summed E-state index contributed by atoms with van der Waals surface area (Å²) in [7, 11) is -3.69. The second kappa shape index (κ2) is 8.29. The monoisotopic (exact) mass is 441 g/mol. The molecule has 0 aliphatic carbocycles. The second-order valence-electron chi connectivity index (χ2n) is 6.41. The zero-order valence-electron chi connectivity index (χ0n) is 16.1. The lowest BCUT2D eigenvalue weighted by Gasteiger charge is -2.23. The van der Waals surface area contributed by atoms with E-state index in [2.05, 4.69) is 4.98 Å². The molecule has 0 saturated heterocycles. The lowest BCUT2D eigenvalue weighted by Crippen LogP contribution is -2.30. The molecule has 0 amide bonds. The molecular formula is C21H19N3O4S2. The number of fused-ring (bicyclic) bond motifs is 1. The molecule has 0 fully saturated rings. The minimum Gasteiger partial charge on any atom is -0.487 e. The van der Waals surface area contributed by atoms with E-state index in [1.54, 1.807) is 54.9 Å². The Morgan fingerprint density at radius 2 is 1.83 bits per heavy atom. The zero-order valence-corrected chi connectivity index (χ0v) is 17.8. The van der Waals surface area contributed by atoms with Gasteiger partial charge >= 0.3 is 0 Å². The van der Waals surface area contributed by atoms with Crippen LogP contribution in [-0.2, 0) is 16.6 Å². The van der Waals surface area contributed by atoms with Gasteiger partial charge in [0.2, 0.25) is 0 Å². The van der Waals surface area contributed by atoms with Crippen molar-refractivity contribution in [3.8, 4) is 5.75 Å². The molecule has 0 spiro atoms. The molecule has 154 valence electrons. The van der Waals surface area contributed by atoms with Gasteiger partial charge < -0.3 is 4.74 Å². The van der Waals surface area contributed by atoms with Crippen molar-refractivity contribution < 1.29 is 13.2 Å². The fraction of sp³-hybridized carbons (Fsp3) is 0.143. The normalized spacial score (nSPS) is 11.5. The molecule has 2 aromatic heterocycles. The van der Waals surface area contributed by atoms with Gasteiger partial charge in [-0.25, -0.2) is 13.4 Å². The predicted octanol–water partition coefficient (Wildman–Crippen LogP) is 3.55. The van der Waals surface area contributed by atoms with E-state index >= 15 is 0 Å². The molecule has 2 aromatic carbocycles. The highest BCUT2D eigenvalue weighted by atomic mass is 32.2. The van der Waals surface area contributed by atoms with E-state index < -0.39 is 10.0 Å². The van der Waals surface area contributed by atoms with E-state index in [1.807, 2.05) is 6.07 Å². The van der Waals surface area contributed by atoms with Crippen LogP contribution in [0.5, 0.6) is 5.75 Å². The number of ether oxygens (including phenoxy) is 1. The number of nitrogens with zero attached hydrogens (tertiary/aromatic N) is 3. The van der Waals surface area contributed by atoms with Gasteiger partial charge in [0, 0.05) is 24.2 Å². The summed E-state index contributed by atoms with van der Waals surface area (Å²) in [6.45, 7) is 2.22. The van der Waals surface area contributed by atoms with Gasteiger partial charge in [-0.2, -0.15) is 0 Å². The van der Waals surface area contributed by atoms with Crippen LogP contribution in [-0.4, -0.2) is 24.3 Å². The van der Waals surface area contributed by atoms with Crippen LogP contribution in [0.3, 0.4) is 0 Å². The Balaban J connectivity index is 1.51. The van der Waals surface area contributed by atoms with Crippen molar-refractivity contribution >= 4 is 32.0 Å². The third-order valence-corrected chi connectivity index (χ3v) is 7.16. The minimum atomic E-state index is -3.69. The molecule has 0 aliphatic heterocycles. The molecule has 7 nitrogen and oxygen atoms in total. The number of anilines is 1. The highest BCUT2D eigenvalue weighted by Crippen LogP contribution is 2.25. The first-order chi connectivity index (χ1) is 14.5. The number of hydrogen-bond acceptors (Lipinski definition) is 6. The second-order valence-corrected chi connectivity index (χ2v) is 9.14. The Kier molecular flexibility index (Phi) is 5.56. The van der Waals surface area contributed by atoms with Crippen molar-refractivity contribution in [3.63, 3.8) is 0 Å². The van der Waals surface area contributed by atoms with Gasteiger partial charge in [0.05, 0.1) is 16.3 Å². The molecule has 0 radical (unpaired) electrons. The van der Waals surface area contributed by atoms with Gasteiger partial charge in [0.15, 0.2) is 4.96 Å².